The number of rotatable bonds is 2. The van der Waals surface area contributed by atoms with Gasteiger partial charge in [0.15, 0.2) is 0 Å². The average Bonchev–Trinajstić information content (AvgIpc) is 2.41. The van der Waals surface area contributed by atoms with Crippen LogP contribution in [0.4, 0.5) is 11.4 Å². The molecule has 82 valence electrons. The molecule has 2 nitrogen and oxygen atoms in total. The molecule has 0 aliphatic carbocycles. The molecule has 0 radical (unpaired) electrons. The van der Waals surface area contributed by atoms with Crippen molar-refractivity contribution in [1.29, 1.82) is 0 Å². The normalized spacial score (nSPS) is 9.62. The van der Waals surface area contributed by atoms with Crippen LogP contribution >= 0.6 is 0 Å². The zero-order valence-corrected chi connectivity index (χ0v) is 9.67. The molecule has 2 heteroatoms. The second kappa shape index (κ2) is 7.35. The lowest BCUT2D eigenvalue weighted by atomic mass is 10.3. The Bertz CT molecular complexity index is 366. The summed E-state index contributed by atoms with van der Waals surface area (Å²) < 4.78 is 0. The van der Waals surface area contributed by atoms with E-state index in [0.29, 0.717) is 0 Å². The molecule has 0 bridgehead atoms. The molecule has 2 rings (SSSR count). The summed E-state index contributed by atoms with van der Waals surface area (Å²) in [4.78, 5) is 0. The molecule has 0 N–H and O–H groups in total. The molecule has 0 saturated carbocycles. The van der Waals surface area contributed by atoms with Crippen molar-refractivity contribution >= 4 is 11.4 Å². The number of nitrogens with zero attached hydrogens (tertiary/aromatic N) is 2. The van der Waals surface area contributed by atoms with Gasteiger partial charge in [0.05, 0.1) is 11.4 Å². The largest absolute Gasteiger partial charge is 0.151 e. The van der Waals surface area contributed by atoms with Gasteiger partial charge < -0.3 is 0 Å². The van der Waals surface area contributed by atoms with Gasteiger partial charge in [-0.3, -0.25) is 0 Å². The highest BCUT2D eigenvalue weighted by Gasteiger charge is 1.86. The minimum Gasteiger partial charge on any atom is -0.151 e. The third kappa shape index (κ3) is 4.05. The Hall–Kier alpha value is -1.96. The van der Waals surface area contributed by atoms with E-state index in [2.05, 4.69) is 10.2 Å². The summed E-state index contributed by atoms with van der Waals surface area (Å²) in [6, 6.07) is 19.4. The summed E-state index contributed by atoms with van der Waals surface area (Å²) in [5, 5.41) is 8.20. The van der Waals surface area contributed by atoms with Crippen LogP contribution in [0.15, 0.2) is 70.9 Å². The number of hydrogen-bond donors (Lipinski definition) is 0. The molecule has 0 unspecified atom stereocenters. The molecule has 0 amide bonds. The van der Waals surface area contributed by atoms with Crippen molar-refractivity contribution in [1.82, 2.24) is 0 Å². The van der Waals surface area contributed by atoms with Crippen LogP contribution in [-0.4, -0.2) is 0 Å². The molecule has 2 aromatic rings. The Labute approximate surface area is 96.7 Å². The van der Waals surface area contributed by atoms with Crippen LogP contribution in [0.1, 0.15) is 13.8 Å². The van der Waals surface area contributed by atoms with Gasteiger partial charge in [-0.25, -0.2) is 0 Å². The smallest absolute Gasteiger partial charge is 0.0857 e. The SMILES string of the molecule is CC.c1ccc(/N=N/c2ccccc2)cc1. The van der Waals surface area contributed by atoms with Gasteiger partial charge in [-0.1, -0.05) is 50.2 Å². The Balaban J connectivity index is 0.000000606. The first-order valence-corrected chi connectivity index (χ1v) is 5.47. The Kier molecular flexibility index (Phi) is 5.56. The minimum absolute atomic E-state index is 0.872. The fourth-order valence-electron chi connectivity index (χ4n) is 1.10. The third-order valence-electron chi connectivity index (χ3n) is 1.79. The monoisotopic (exact) mass is 212 g/mol. The first-order valence-electron chi connectivity index (χ1n) is 5.47. The standard InChI is InChI=1S/C12H10N2.C2H6/c1-3-7-11(8-4-1)13-14-12-9-5-2-6-10-12;1-2/h1-10H;1-2H3/b14-13+;. The predicted molar refractivity (Wildman–Crippen MR) is 68.4 cm³/mol. The van der Waals surface area contributed by atoms with Gasteiger partial charge in [0.2, 0.25) is 0 Å². The van der Waals surface area contributed by atoms with Crippen LogP contribution < -0.4 is 0 Å². The lowest BCUT2D eigenvalue weighted by Gasteiger charge is -1.91. The maximum absolute atomic E-state index is 4.10. The minimum atomic E-state index is 0.872. The topological polar surface area (TPSA) is 24.7 Å². The van der Waals surface area contributed by atoms with Crippen molar-refractivity contribution < 1.29 is 0 Å². The maximum Gasteiger partial charge on any atom is 0.0857 e. The number of azo groups is 1. The van der Waals surface area contributed by atoms with Crippen LogP contribution in [-0.2, 0) is 0 Å². The first-order chi connectivity index (χ1) is 7.95. The van der Waals surface area contributed by atoms with Gasteiger partial charge in [0.1, 0.15) is 0 Å². The molecule has 16 heavy (non-hydrogen) atoms. The van der Waals surface area contributed by atoms with Crippen molar-refractivity contribution in [3.05, 3.63) is 60.7 Å². The lowest BCUT2D eigenvalue weighted by Crippen LogP contribution is -1.62. The summed E-state index contributed by atoms with van der Waals surface area (Å²) in [5.74, 6) is 0. The molecular weight excluding hydrogens is 196 g/mol. The van der Waals surface area contributed by atoms with Crippen LogP contribution in [0.2, 0.25) is 0 Å². The van der Waals surface area contributed by atoms with Crippen LogP contribution in [0.25, 0.3) is 0 Å². The second-order valence-corrected chi connectivity index (χ2v) is 2.87. The molecule has 0 aliphatic heterocycles. The highest BCUT2D eigenvalue weighted by molar-refractivity contribution is 5.39. The van der Waals surface area contributed by atoms with Gasteiger partial charge in [0, 0.05) is 0 Å². The molecule has 0 aliphatic rings. The van der Waals surface area contributed by atoms with Gasteiger partial charge in [-0.2, -0.15) is 10.2 Å². The summed E-state index contributed by atoms with van der Waals surface area (Å²) in [6.07, 6.45) is 0. The Morgan fingerprint density at radius 3 is 1.19 bits per heavy atom. The predicted octanol–water partition coefficient (Wildman–Crippen LogP) is 5.13. The van der Waals surface area contributed by atoms with E-state index in [4.69, 9.17) is 0 Å². The Morgan fingerprint density at radius 2 is 0.875 bits per heavy atom. The fraction of sp³-hybridized carbons (Fsp3) is 0.143. The Morgan fingerprint density at radius 1 is 0.562 bits per heavy atom. The molecule has 0 aromatic heterocycles. The van der Waals surface area contributed by atoms with E-state index in [9.17, 15) is 0 Å². The number of benzene rings is 2. The molecular formula is C14H16N2. The summed E-state index contributed by atoms with van der Waals surface area (Å²) in [6.45, 7) is 4.00. The van der Waals surface area contributed by atoms with Crippen molar-refractivity contribution in [2.45, 2.75) is 13.8 Å². The van der Waals surface area contributed by atoms with E-state index in [1.54, 1.807) is 0 Å². The number of hydrogen-bond acceptors (Lipinski definition) is 2. The molecule has 0 atom stereocenters. The average molecular weight is 212 g/mol. The van der Waals surface area contributed by atoms with E-state index in [1.807, 2.05) is 74.5 Å². The van der Waals surface area contributed by atoms with Gasteiger partial charge in [-0.05, 0) is 24.3 Å². The van der Waals surface area contributed by atoms with Crippen molar-refractivity contribution in [2.75, 3.05) is 0 Å². The van der Waals surface area contributed by atoms with Crippen LogP contribution in [0.3, 0.4) is 0 Å². The van der Waals surface area contributed by atoms with E-state index in [0.717, 1.165) is 11.4 Å². The molecule has 0 fully saturated rings. The third-order valence-corrected chi connectivity index (χ3v) is 1.79. The van der Waals surface area contributed by atoms with Crippen molar-refractivity contribution in [3.8, 4) is 0 Å². The molecule has 0 heterocycles. The molecule has 0 saturated heterocycles. The van der Waals surface area contributed by atoms with Crippen LogP contribution in [0, 0.1) is 0 Å². The first kappa shape index (κ1) is 12.1. The summed E-state index contributed by atoms with van der Waals surface area (Å²) in [5.41, 5.74) is 1.74. The van der Waals surface area contributed by atoms with Crippen molar-refractivity contribution in [2.24, 2.45) is 10.2 Å². The van der Waals surface area contributed by atoms with Gasteiger partial charge in [0.25, 0.3) is 0 Å². The van der Waals surface area contributed by atoms with Crippen molar-refractivity contribution in [3.63, 3.8) is 0 Å². The van der Waals surface area contributed by atoms with Crippen LogP contribution in [0.5, 0.6) is 0 Å². The maximum atomic E-state index is 4.10. The zero-order valence-electron chi connectivity index (χ0n) is 9.67. The highest BCUT2D eigenvalue weighted by atomic mass is 15.1. The molecule has 0 spiro atoms. The quantitative estimate of drug-likeness (QED) is 0.616. The van der Waals surface area contributed by atoms with E-state index in [-0.39, 0.29) is 0 Å². The van der Waals surface area contributed by atoms with E-state index in [1.165, 1.54) is 0 Å². The summed E-state index contributed by atoms with van der Waals surface area (Å²) in [7, 11) is 0. The highest BCUT2D eigenvalue weighted by Crippen LogP contribution is 2.16. The summed E-state index contributed by atoms with van der Waals surface area (Å²) >= 11 is 0. The second-order valence-electron chi connectivity index (χ2n) is 2.87. The van der Waals surface area contributed by atoms with Gasteiger partial charge >= 0.3 is 0 Å². The molecule has 2 aromatic carbocycles. The zero-order chi connectivity index (χ0) is 11.6. The van der Waals surface area contributed by atoms with E-state index < -0.39 is 0 Å². The van der Waals surface area contributed by atoms with Gasteiger partial charge in [-0.15, -0.1) is 0 Å². The van der Waals surface area contributed by atoms with E-state index >= 15 is 0 Å². The lowest BCUT2D eigenvalue weighted by molar-refractivity contribution is 1.23. The fourth-order valence-corrected chi connectivity index (χ4v) is 1.10.